The largest absolute Gasteiger partial charge is 0.403 e. The topological polar surface area (TPSA) is 74.5 Å². The van der Waals surface area contributed by atoms with E-state index in [4.69, 9.17) is 9.47 Å². The minimum absolute atomic E-state index is 0.269. The van der Waals surface area contributed by atoms with Crippen LogP contribution in [0.4, 0.5) is 0 Å². The quantitative estimate of drug-likeness (QED) is 0.375. The summed E-state index contributed by atoms with van der Waals surface area (Å²) in [6.07, 6.45) is 11.7. The van der Waals surface area contributed by atoms with Gasteiger partial charge in [0.25, 0.3) is 11.8 Å². The summed E-state index contributed by atoms with van der Waals surface area (Å²) >= 11 is 0. The molecule has 0 fully saturated rings. The van der Waals surface area contributed by atoms with E-state index in [-0.39, 0.29) is 11.9 Å². The van der Waals surface area contributed by atoms with Gasteiger partial charge in [0.15, 0.2) is 0 Å². The van der Waals surface area contributed by atoms with E-state index >= 15 is 0 Å². The van der Waals surface area contributed by atoms with E-state index in [1.54, 1.807) is 0 Å². The van der Waals surface area contributed by atoms with Crippen molar-refractivity contribution in [2.45, 2.75) is 90.9 Å². The van der Waals surface area contributed by atoms with Crippen LogP contribution in [-0.2, 0) is 19.1 Å². The molecule has 0 aliphatic carbocycles. The number of unbranched alkanes of at least 4 members (excludes halogenated alkanes) is 8. The van der Waals surface area contributed by atoms with E-state index < -0.39 is 0 Å². The lowest BCUT2D eigenvalue weighted by molar-refractivity contribution is -0.141. The molecular weight excluding hydrogens is 294 g/mol. The van der Waals surface area contributed by atoms with Crippen molar-refractivity contribution < 1.29 is 19.1 Å². The lowest BCUT2D eigenvalue weighted by atomic mass is 10.1. The second-order valence-electron chi connectivity index (χ2n) is 6.06. The summed E-state index contributed by atoms with van der Waals surface area (Å²) in [5.41, 5.74) is 0. The van der Waals surface area contributed by atoms with Crippen molar-refractivity contribution >= 4 is 11.9 Å². The van der Waals surface area contributed by atoms with Crippen LogP contribution in [0.3, 0.4) is 0 Å². The third kappa shape index (κ3) is 9.97. The van der Waals surface area contributed by atoms with Crippen molar-refractivity contribution in [2.75, 3.05) is 0 Å². The summed E-state index contributed by atoms with van der Waals surface area (Å²) in [6, 6.07) is 0. The maximum absolute atomic E-state index is 11.6. The van der Waals surface area contributed by atoms with Gasteiger partial charge >= 0.3 is 11.9 Å². The van der Waals surface area contributed by atoms with Gasteiger partial charge in [0.05, 0.1) is 0 Å². The predicted molar refractivity (Wildman–Crippen MR) is 89.1 cm³/mol. The lowest BCUT2D eigenvalue weighted by Gasteiger charge is -1.99. The fraction of sp³-hybridized carbons (Fsp3) is 0.778. The van der Waals surface area contributed by atoms with Crippen LogP contribution in [0.1, 0.15) is 90.9 Å². The fourth-order valence-electron chi connectivity index (χ4n) is 2.29. The smallest absolute Gasteiger partial charge is 0.312 e. The van der Waals surface area contributed by atoms with Crippen LogP contribution in [0.25, 0.3) is 0 Å². The molecule has 0 bridgehead atoms. The molecule has 1 heterocycles. The Hall–Kier alpha value is -1.52. The Morgan fingerprint density at radius 3 is 1.48 bits per heavy atom. The predicted octanol–water partition coefficient (Wildman–Crippen LogP) is 4.52. The summed E-state index contributed by atoms with van der Waals surface area (Å²) in [4.78, 5) is 23.2. The standard InChI is InChI=1S/C18H31NO4/c1-3-5-7-9-11-13-15(20)22-17-18(19-17)23-16(21)14-12-10-8-6-4-2/h19H,3-14H2,1-2H3. The molecule has 0 saturated carbocycles. The Bertz CT molecular complexity index is 368. The van der Waals surface area contributed by atoms with Crippen LogP contribution in [0.15, 0.2) is 11.8 Å². The van der Waals surface area contributed by atoms with E-state index in [1.165, 1.54) is 25.7 Å². The van der Waals surface area contributed by atoms with Crippen LogP contribution in [0.5, 0.6) is 0 Å². The number of hydrogen-bond acceptors (Lipinski definition) is 5. The molecule has 1 rings (SSSR count). The summed E-state index contributed by atoms with van der Waals surface area (Å²) < 4.78 is 10.2. The summed E-state index contributed by atoms with van der Waals surface area (Å²) in [5, 5.41) is 2.70. The number of esters is 2. The van der Waals surface area contributed by atoms with Crippen LogP contribution >= 0.6 is 0 Å². The van der Waals surface area contributed by atoms with Gasteiger partial charge in [0, 0.05) is 12.8 Å². The highest BCUT2D eigenvalue weighted by molar-refractivity contribution is 5.73. The molecule has 5 nitrogen and oxygen atoms in total. The molecule has 1 N–H and O–H groups in total. The number of nitrogens with one attached hydrogen (secondary N) is 1. The second kappa shape index (κ2) is 12.0. The minimum atomic E-state index is -0.269. The van der Waals surface area contributed by atoms with Gasteiger partial charge in [-0.25, -0.2) is 0 Å². The number of carbonyl (C=O) groups excluding carboxylic acids is 2. The van der Waals surface area contributed by atoms with Crippen molar-refractivity contribution in [1.82, 2.24) is 5.32 Å². The van der Waals surface area contributed by atoms with Crippen molar-refractivity contribution in [1.29, 1.82) is 0 Å². The molecule has 132 valence electrons. The van der Waals surface area contributed by atoms with E-state index in [2.05, 4.69) is 19.2 Å². The minimum Gasteiger partial charge on any atom is -0.403 e. The zero-order valence-corrected chi connectivity index (χ0v) is 14.6. The molecule has 0 aromatic heterocycles. The van der Waals surface area contributed by atoms with Crippen molar-refractivity contribution in [3.8, 4) is 0 Å². The number of hydrogen-bond donors (Lipinski definition) is 1. The summed E-state index contributed by atoms with van der Waals surface area (Å²) in [6.45, 7) is 4.32. The van der Waals surface area contributed by atoms with Gasteiger partial charge < -0.3 is 9.47 Å². The monoisotopic (exact) mass is 325 g/mol. The van der Waals surface area contributed by atoms with Crippen molar-refractivity contribution in [3.63, 3.8) is 0 Å². The van der Waals surface area contributed by atoms with Crippen LogP contribution < -0.4 is 5.32 Å². The lowest BCUT2D eigenvalue weighted by Crippen LogP contribution is -2.02. The molecule has 0 saturated heterocycles. The van der Waals surface area contributed by atoms with Gasteiger partial charge in [-0.15, -0.1) is 0 Å². The number of carbonyl (C=O) groups is 2. The van der Waals surface area contributed by atoms with E-state index in [1.807, 2.05) is 0 Å². The zero-order valence-electron chi connectivity index (χ0n) is 14.6. The van der Waals surface area contributed by atoms with E-state index in [0.717, 1.165) is 38.5 Å². The fourth-order valence-corrected chi connectivity index (χ4v) is 2.29. The van der Waals surface area contributed by atoms with Gasteiger partial charge in [-0.2, -0.15) is 0 Å². The Labute approximate surface area is 139 Å². The summed E-state index contributed by atoms with van der Waals surface area (Å²) in [5.74, 6) is 0.0509. The van der Waals surface area contributed by atoms with Gasteiger partial charge in [-0.05, 0) is 12.8 Å². The first kappa shape index (κ1) is 19.5. The van der Waals surface area contributed by atoms with Gasteiger partial charge in [-0.1, -0.05) is 65.2 Å². The van der Waals surface area contributed by atoms with Crippen molar-refractivity contribution in [3.05, 3.63) is 11.8 Å². The molecule has 0 spiro atoms. The maximum atomic E-state index is 11.6. The normalized spacial score (nSPS) is 12.8. The highest BCUT2D eigenvalue weighted by Crippen LogP contribution is 2.20. The molecule has 5 heteroatoms. The molecule has 1 aliphatic rings. The molecule has 0 amide bonds. The first-order valence-corrected chi connectivity index (χ1v) is 9.10. The van der Waals surface area contributed by atoms with Gasteiger partial charge in [0.2, 0.25) is 0 Å². The maximum Gasteiger partial charge on any atom is 0.312 e. The van der Waals surface area contributed by atoms with E-state index in [0.29, 0.717) is 24.6 Å². The van der Waals surface area contributed by atoms with Gasteiger partial charge in [0.1, 0.15) is 0 Å². The third-order valence-corrected chi connectivity index (χ3v) is 3.77. The van der Waals surface area contributed by atoms with Crippen LogP contribution in [-0.4, -0.2) is 11.9 Å². The highest BCUT2D eigenvalue weighted by atomic mass is 16.6. The second-order valence-corrected chi connectivity index (χ2v) is 6.06. The Kier molecular flexibility index (Phi) is 10.2. The molecular formula is C18H31NO4. The molecule has 0 aromatic rings. The Morgan fingerprint density at radius 2 is 1.09 bits per heavy atom. The summed E-state index contributed by atoms with van der Waals surface area (Å²) in [7, 11) is 0. The molecule has 23 heavy (non-hydrogen) atoms. The third-order valence-electron chi connectivity index (χ3n) is 3.77. The Balaban J connectivity index is 2.05. The molecule has 1 aliphatic heterocycles. The SMILES string of the molecule is CCCCCCCC(=O)OC1=C(OC(=O)CCCCCCC)N1. The molecule has 0 atom stereocenters. The molecule has 0 aromatic carbocycles. The van der Waals surface area contributed by atoms with Gasteiger partial charge in [-0.3, -0.25) is 14.9 Å². The average Bonchev–Trinajstić information content (AvgIpc) is 3.24. The molecule has 0 unspecified atom stereocenters. The Morgan fingerprint density at radius 1 is 0.696 bits per heavy atom. The van der Waals surface area contributed by atoms with Crippen LogP contribution in [0.2, 0.25) is 0 Å². The highest BCUT2D eigenvalue weighted by Gasteiger charge is 2.30. The van der Waals surface area contributed by atoms with E-state index in [9.17, 15) is 9.59 Å². The van der Waals surface area contributed by atoms with Crippen molar-refractivity contribution in [2.24, 2.45) is 0 Å². The molecule has 0 radical (unpaired) electrons. The average molecular weight is 325 g/mol. The first-order chi connectivity index (χ1) is 11.2. The first-order valence-electron chi connectivity index (χ1n) is 9.10. The van der Waals surface area contributed by atoms with Crippen LogP contribution in [0, 0.1) is 0 Å². The number of rotatable bonds is 14. The zero-order chi connectivity index (χ0) is 16.9. The number of ether oxygens (including phenoxy) is 2.